The number of carbonyl (C=O) groups excluding carboxylic acids is 1. The predicted molar refractivity (Wildman–Crippen MR) is 111 cm³/mol. The van der Waals surface area contributed by atoms with Crippen molar-refractivity contribution in [1.29, 1.82) is 0 Å². The van der Waals surface area contributed by atoms with Gasteiger partial charge in [0.1, 0.15) is 0 Å². The Kier molecular flexibility index (Phi) is 8.77. The molecule has 130 valence electrons. The van der Waals surface area contributed by atoms with Gasteiger partial charge in [-0.15, -0.1) is 35.3 Å². The summed E-state index contributed by atoms with van der Waals surface area (Å²) in [6.45, 7) is 3.47. The summed E-state index contributed by atoms with van der Waals surface area (Å²) < 4.78 is 0. The predicted octanol–water partition coefficient (Wildman–Crippen LogP) is 2.89. The van der Waals surface area contributed by atoms with E-state index in [0.29, 0.717) is 12.1 Å². The van der Waals surface area contributed by atoms with Gasteiger partial charge in [0.25, 0.3) is 0 Å². The molecule has 0 saturated carbocycles. The van der Waals surface area contributed by atoms with E-state index in [1.807, 2.05) is 23.5 Å². The Balaban J connectivity index is 0.00000288. The second-order valence-electron chi connectivity index (χ2n) is 5.07. The van der Waals surface area contributed by atoms with Crippen molar-refractivity contribution in [2.24, 2.45) is 10.7 Å². The normalized spacial score (nSPS) is 10.8. The zero-order chi connectivity index (χ0) is 16.7. The Labute approximate surface area is 163 Å². The summed E-state index contributed by atoms with van der Waals surface area (Å²) in [5, 5.41) is 6.52. The van der Waals surface area contributed by atoms with Gasteiger partial charge in [0.2, 0.25) is 5.91 Å². The number of aliphatic imine (C=N–C) groups is 1. The molecule has 7 heteroatoms. The lowest BCUT2D eigenvalue weighted by atomic mass is 10.1. The molecular weight excluding hydrogens is 435 g/mol. The first-order valence-corrected chi connectivity index (χ1v) is 8.35. The number of halogens is 1. The van der Waals surface area contributed by atoms with Crippen molar-refractivity contribution in [3.63, 3.8) is 0 Å². The monoisotopic (exact) mass is 458 g/mol. The second-order valence-corrected chi connectivity index (χ2v) is 6.32. The molecule has 0 spiro atoms. The van der Waals surface area contributed by atoms with Gasteiger partial charge in [-0.1, -0.05) is 19.1 Å². The molecule has 5 nitrogen and oxygen atoms in total. The van der Waals surface area contributed by atoms with Gasteiger partial charge in [0, 0.05) is 28.9 Å². The van der Waals surface area contributed by atoms with E-state index in [0.717, 1.165) is 24.5 Å². The quantitative estimate of drug-likeness (QED) is 0.354. The molecule has 0 aliphatic rings. The van der Waals surface area contributed by atoms with Crippen LogP contribution >= 0.6 is 35.3 Å². The molecule has 1 aromatic heterocycles. The number of nitrogens with two attached hydrogens (primary N) is 1. The molecule has 0 atom stereocenters. The molecule has 0 unspecified atom stereocenters. The zero-order valence-electron chi connectivity index (χ0n) is 13.8. The molecule has 24 heavy (non-hydrogen) atoms. The van der Waals surface area contributed by atoms with Crippen molar-refractivity contribution >= 4 is 47.2 Å². The first kappa shape index (κ1) is 20.4. The van der Waals surface area contributed by atoms with Gasteiger partial charge in [-0.2, -0.15) is 0 Å². The molecule has 0 bridgehead atoms. The van der Waals surface area contributed by atoms with Crippen molar-refractivity contribution in [2.75, 3.05) is 7.05 Å². The van der Waals surface area contributed by atoms with Crippen LogP contribution in [-0.4, -0.2) is 18.9 Å². The van der Waals surface area contributed by atoms with Crippen LogP contribution in [0.25, 0.3) is 0 Å². The topological polar surface area (TPSA) is 79.5 Å². The van der Waals surface area contributed by atoms with Crippen molar-refractivity contribution in [1.82, 2.24) is 10.6 Å². The number of primary amides is 1. The third-order valence-corrected chi connectivity index (χ3v) is 4.62. The molecule has 2 aromatic rings. The molecular formula is C17H23IN4OS. The summed E-state index contributed by atoms with van der Waals surface area (Å²) in [7, 11) is 1.74. The lowest BCUT2D eigenvalue weighted by Gasteiger charge is -2.11. The van der Waals surface area contributed by atoms with Gasteiger partial charge >= 0.3 is 0 Å². The standard InChI is InChI=1S/C17H22N4OS.HI/c1-3-14-7-8-15(23-14)11-21-17(19-2)20-10-12-5-4-6-13(9-12)16(18)22;/h4-9H,3,10-11H2,1-2H3,(H2,18,22)(H2,19,20,21);1H. The van der Waals surface area contributed by atoms with Crippen LogP contribution in [-0.2, 0) is 19.5 Å². The van der Waals surface area contributed by atoms with E-state index in [-0.39, 0.29) is 24.0 Å². The number of nitrogens with zero attached hydrogens (tertiary/aromatic N) is 1. The first-order valence-electron chi connectivity index (χ1n) is 7.53. The highest BCUT2D eigenvalue weighted by atomic mass is 127. The van der Waals surface area contributed by atoms with Crippen molar-refractivity contribution in [3.05, 3.63) is 57.3 Å². The third kappa shape index (κ3) is 6.12. The summed E-state index contributed by atoms with van der Waals surface area (Å²) in [5.41, 5.74) is 6.79. The molecule has 0 saturated heterocycles. The number of aryl methyl sites for hydroxylation is 1. The van der Waals surface area contributed by atoms with Crippen molar-refractivity contribution in [3.8, 4) is 0 Å². The lowest BCUT2D eigenvalue weighted by Crippen LogP contribution is -2.36. The maximum Gasteiger partial charge on any atom is 0.248 e. The molecule has 0 aliphatic heterocycles. The average molecular weight is 458 g/mol. The highest BCUT2D eigenvalue weighted by molar-refractivity contribution is 14.0. The second kappa shape index (κ2) is 10.3. The zero-order valence-corrected chi connectivity index (χ0v) is 17.0. The summed E-state index contributed by atoms with van der Waals surface area (Å²) in [5.74, 6) is 0.305. The number of amides is 1. The van der Waals surface area contributed by atoms with Crippen molar-refractivity contribution in [2.45, 2.75) is 26.4 Å². The maximum absolute atomic E-state index is 11.2. The van der Waals surface area contributed by atoms with E-state index in [1.165, 1.54) is 9.75 Å². The largest absolute Gasteiger partial charge is 0.366 e. The van der Waals surface area contributed by atoms with Gasteiger partial charge in [0.05, 0.1) is 6.54 Å². The van der Waals surface area contributed by atoms with Gasteiger partial charge < -0.3 is 16.4 Å². The Hall–Kier alpha value is -1.61. The minimum atomic E-state index is -0.418. The van der Waals surface area contributed by atoms with E-state index >= 15 is 0 Å². The van der Waals surface area contributed by atoms with Crippen LogP contribution in [0, 0.1) is 0 Å². The highest BCUT2D eigenvalue weighted by Gasteiger charge is 2.04. The smallest absolute Gasteiger partial charge is 0.248 e. The minimum absolute atomic E-state index is 0. The number of guanidine groups is 1. The Morgan fingerprint density at radius 2 is 1.88 bits per heavy atom. The number of carbonyl (C=O) groups is 1. The van der Waals surface area contributed by atoms with Crippen LogP contribution in [0.2, 0.25) is 0 Å². The maximum atomic E-state index is 11.2. The van der Waals surface area contributed by atoms with Crippen LogP contribution in [0.3, 0.4) is 0 Å². The van der Waals surface area contributed by atoms with Crippen LogP contribution in [0.5, 0.6) is 0 Å². The van der Waals surface area contributed by atoms with Gasteiger partial charge in [-0.25, -0.2) is 0 Å². The third-order valence-electron chi connectivity index (χ3n) is 3.39. The Morgan fingerprint density at radius 1 is 1.17 bits per heavy atom. The fraction of sp³-hybridized carbons (Fsp3) is 0.294. The number of thiophene rings is 1. The summed E-state index contributed by atoms with van der Waals surface area (Å²) >= 11 is 1.81. The van der Waals surface area contributed by atoms with E-state index in [4.69, 9.17) is 5.73 Å². The van der Waals surface area contributed by atoms with Crippen LogP contribution in [0.1, 0.15) is 32.6 Å². The number of benzene rings is 1. The molecule has 1 aromatic carbocycles. The van der Waals surface area contributed by atoms with Gasteiger partial charge in [-0.3, -0.25) is 9.79 Å². The molecule has 0 fully saturated rings. The Bertz CT molecular complexity index is 699. The van der Waals surface area contributed by atoms with Gasteiger partial charge in [0.15, 0.2) is 5.96 Å². The number of hydrogen-bond acceptors (Lipinski definition) is 3. The number of rotatable bonds is 6. The molecule has 2 rings (SSSR count). The molecule has 0 aliphatic carbocycles. The summed E-state index contributed by atoms with van der Waals surface area (Å²) in [6, 6.07) is 11.6. The lowest BCUT2D eigenvalue weighted by molar-refractivity contribution is 0.1000. The minimum Gasteiger partial charge on any atom is -0.366 e. The van der Waals surface area contributed by atoms with Gasteiger partial charge in [-0.05, 0) is 36.2 Å². The van der Waals surface area contributed by atoms with E-state index < -0.39 is 5.91 Å². The molecule has 1 heterocycles. The van der Waals surface area contributed by atoms with Crippen LogP contribution < -0.4 is 16.4 Å². The molecule has 1 amide bonds. The number of nitrogens with one attached hydrogen (secondary N) is 2. The Morgan fingerprint density at radius 3 is 2.50 bits per heavy atom. The molecule has 4 N–H and O–H groups in total. The average Bonchev–Trinajstić information content (AvgIpc) is 3.03. The van der Waals surface area contributed by atoms with E-state index in [2.05, 4.69) is 34.7 Å². The fourth-order valence-corrected chi connectivity index (χ4v) is 3.02. The molecule has 0 radical (unpaired) electrons. The van der Waals surface area contributed by atoms with Crippen molar-refractivity contribution < 1.29 is 4.79 Å². The van der Waals surface area contributed by atoms with Crippen LogP contribution in [0.15, 0.2) is 41.4 Å². The van der Waals surface area contributed by atoms with Crippen LogP contribution in [0.4, 0.5) is 0 Å². The summed E-state index contributed by atoms with van der Waals surface area (Å²) in [6.07, 6.45) is 1.06. The SMILES string of the molecule is CCc1ccc(CNC(=NC)NCc2cccc(C(N)=O)c2)s1.I. The van der Waals surface area contributed by atoms with E-state index in [9.17, 15) is 4.79 Å². The van der Waals surface area contributed by atoms with E-state index in [1.54, 1.807) is 19.2 Å². The highest BCUT2D eigenvalue weighted by Crippen LogP contribution is 2.16. The summed E-state index contributed by atoms with van der Waals surface area (Å²) in [4.78, 5) is 18.1. The number of hydrogen-bond donors (Lipinski definition) is 3. The first-order chi connectivity index (χ1) is 11.1. The fourth-order valence-electron chi connectivity index (χ4n) is 2.12.